The number of hydrogen-bond donors (Lipinski definition) is 1. The van der Waals surface area contributed by atoms with Crippen molar-refractivity contribution in [3.63, 3.8) is 0 Å². The second-order valence-corrected chi connectivity index (χ2v) is 7.08. The quantitative estimate of drug-likeness (QED) is 0.418. The first-order valence-electron chi connectivity index (χ1n) is 7.72. The third-order valence-electron chi connectivity index (χ3n) is 3.26. The number of carbonyl (C=O) groups excluding carboxylic acids is 2. The lowest BCUT2D eigenvalue weighted by Gasteiger charge is -2.08. The van der Waals surface area contributed by atoms with Crippen LogP contribution in [0.4, 0.5) is 5.00 Å². The first kappa shape index (κ1) is 19.3. The van der Waals surface area contributed by atoms with E-state index in [9.17, 15) is 9.59 Å². The number of carbonyl (C=O) groups is 2. The van der Waals surface area contributed by atoms with Gasteiger partial charge in [0.15, 0.2) is 5.76 Å². The normalized spacial score (nSPS) is 10.4. The Balaban J connectivity index is 1.46. The van der Waals surface area contributed by atoms with Crippen LogP contribution in [-0.4, -0.2) is 25.1 Å². The minimum Gasteiger partial charge on any atom is -0.488 e. The number of ether oxygens (including phenoxy) is 2. The summed E-state index contributed by atoms with van der Waals surface area (Å²) in [5, 5.41) is 4.04. The average molecular weight is 426 g/mol. The van der Waals surface area contributed by atoms with E-state index in [4.69, 9.17) is 37.1 Å². The topological polar surface area (TPSA) is 77.8 Å². The highest BCUT2D eigenvalue weighted by atomic mass is 35.5. The lowest BCUT2D eigenvalue weighted by Crippen LogP contribution is -2.11. The molecule has 0 unspecified atom stereocenters. The van der Waals surface area contributed by atoms with Gasteiger partial charge < -0.3 is 19.2 Å². The maximum Gasteiger partial charge on any atom is 0.348 e. The molecular weight excluding hydrogens is 413 g/mol. The maximum absolute atomic E-state index is 12.1. The summed E-state index contributed by atoms with van der Waals surface area (Å²) in [4.78, 5) is 24.3. The number of esters is 1. The van der Waals surface area contributed by atoms with Crippen molar-refractivity contribution >= 4 is 51.4 Å². The van der Waals surface area contributed by atoms with Crippen LogP contribution >= 0.6 is 34.5 Å². The molecule has 0 radical (unpaired) electrons. The van der Waals surface area contributed by atoms with Gasteiger partial charge in [-0.3, -0.25) is 4.79 Å². The SMILES string of the molecule is O=C(Nc1ccc(C(=O)OCCOc2ccc(Cl)cc2Cl)s1)c1ccco1. The monoisotopic (exact) mass is 425 g/mol. The van der Waals surface area contributed by atoms with Crippen molar-refractivity contribution in [1.29, 1.82) is 0 Å². The van der Waals surface area contributed by atoms with Gasteiger partial charge in [0.2, 0.25) is 0 Å². The Hall–Kier alpha value is -2.48. The van der Waals surface area contributed by atoms with Gasteiger partial charge >= 0.3 is 5.97 Å². The number of hydrogen-bond acceptors (Lipinski definition) is 6. The smallest absolute Gasteiger partial charge is 0.348 e. The van der Waals surface area contributed by atoms with E-state index >= 15 is 0 Å². The summed E-state index contributed by atoms with van der Waals surface area (Å²) in [6.45, 7) is 0.185. The van der Waals surface area contributed by atoms with Crippen molar-refractivity contribution in [3.8, 4) is 5.75 Å². The van der Waals surface area contributed by atoms with Crippen LogP contribution in [0.1, 0.15) is 20.2 Å². The summed E-state index contributed by atoms with van der Waals surface area (Å²) in [5.74, 6) is -0.263. The van der Waals surface area contributed by atoms with Crippen molar-refractivity contribution in [2.24, 2.45) is 0 Å². The summed E-state index contributed by atoms with van der Waals surface area (Å²) in [6, 6.07) is 11.2. The Morgan fingerprint density at radius 1 is 1.11 bits per heavy atom. The van der Waals surface area contributed by atoms with Gasteiger partial charge in [-0.1, -0.05) is 23.2 Å². The standard InChI is InChI=1S/C18H13Cl2NO5S/c19-11-3-4-13(12(20)10-11)25-8-9-26-18(23)15-5-6-16(27-15)21-17(22)14-2-1-7-24-14/h1-7,10H,8-9H2,(H,21,22). The Morgan fingerprint density at radius 2 is 1.96 bits per heavy atom. The first-order chi connectivity index (χ1) is 13.0. The maximum atomic E-state index is 12.1. The molecule has 140 valence electrons. The van der Waals surface area contributed by atoms with Crippen LogP contribution in [0.15, 0.2) is 53.1 Å². The van der Waals surface area contributed by atoms with Crippen LogP contribution in [0.5, 0.6) is 5.75 Å². The molecular formula is C18H13Cl2NO5S. The van der Waals surface area contributed by atoms with Crippen molar-refractivity contribution in [3.05, 3.63) is 69.4 Å². The van der Waals surface area contributed by atoms with E-state index in [1.165, 1.54) is 6.26 Å². The highest BCUT2D eigenvalue weighted by Gasteiger charge is 2.14. The molecule has 0 bridgehead atoms. The fourth-order valence-electron chi connectivity index (χ4n) is 2.05. The van der Waals surface area contributed by atoms with Gasteiger partial charge in [0.05, 0.1) is 16.3 Å². The molecule has 6 nitrogen and oxygen atoms in total. The summed E-state index contributed by atoms with van der Waals surface area (Å²) in [7, 11) is 0. The molecule has 0 aliphatic carbocycles. The van der Waals surface area contributed by atoms with E-state index in [1.54, 1.807) is 42.5 Å². The number of halogens is 2. The second-order valence-electron chi connectivity index (χ2n) is 5.15. The summed E-state index contributed by atoms with van der Waals surface area (Å²) in [5.41, 5.74) is 0. The molecule has 0 atom stereocenters. The molecule has 27 heavy (non-hydrogen) atoms. The first-order valence-corrected chi connectivity index (χ1v) is 9.30. The van der Waals surface area contributed by atoms with E-state index in [-0.39, 0.29) is 19.0 Å². The van der Waals surface area contributed by atoms with Crippen LogP contribution < -0.4 is 10.1 Å². The van der Waals surface area contributed by atoms with E-state index in [0.717, 1.165) is 11.3 Å². The van der Waals surface area contributed by atoms with Crippen molar-refractivity contribution in [2.45, 2.75) is 0 Å². The zero-order valence-corrected chi connectivity index (χ0v) is 16.1. The molecule has 0 saturated heterocycles. The number of amides is 1. The van der Waals surface area contributed by atoms with Gasteiger partial charge in [0, 0.05) is 5.02 Å². The van der Waals surface area contributed by atoms with Gasteiger partial charge in [-0.05, 0) is 42.5 Å². The molecule has 9 heteroatoms. The zero-order valence-electron chi connectivity index (χ0n) is 13.7. The van der Waals surface area contributed by atoms with Gasteiger partial charge in [0.25, 0.3) is 5.91 Å². The van der Waals surface area contributed by atoms with Gasteiger partial charge in [0.1, 0.15) is 23.8 Å². The Morgan fingerprint density at radius 3 is 2.70 bits per heavy atom. The van der Waals surface area contributed by atoms with Crippen LogP contribution in [0, 0.1) is 0 Å². The van der Waals surface area contributed by atoms with Gasteiger partial charge in [-0.2, -0.15) is 0 Å². The van der Waals surface area contributed by atoms with Crippen LogP contribution in [0.2, 0.25) is 10.0 Å². The average Bonchev–Trinajstić information content (AvgIpc) is 3.32. The highest BCUT2D eigenvalue weighted by Crippen LogP contribution is 2.27. The molecule has 3 aromatic rings. The third-order valence-corrected chi connectivity index (χ3v) is 4.77. The van der Waals surface area contributed by atoms with Crippen molar-refractivity contribution in [2.75, 3.05) is 18.5 Å². The summed E-state index contributed by atoms with van der Waals surface area (Å²) >= 11 is 12.9. The molecule has 0 aliphatic rings. The Bertz CT molecular complexity index is 939. The lowest BCUT2D eigenvalue weighted by atomic mass is 10.3. The second kappa shape index (κ2) is 8.94. The number of nitrogens with one attached hydrogen (secondary N) is 1. The zero-order chi connectivity index (χ0) is 19.2. The van der Waals surface area contributed by atoms with E-state index < -0.39 is 11.9 Å². The van der Waals surface area contributed by atoms with Crippen molar-refractivity contribution < 1.29 is 23.5 Å². The fraction of sp³-hybridized carbons (Fsp3) is 0.111. The number of anilines is 1. The van der Waals surface area contributed by atoms with Crippen molar-refractivity contribution in [1.82, 2.24) is 0 Å². The fourth-order valence-corrected chi connectivity index (χ4v) is 3.30. The van der Waals surface area contributed by atoms with Gasteiger partial charge in [-0.25, -0.2) is 4.79 Å². The molecule has 0 aliphatic heterocycles. The third kappa shape index (κ3) is 5.26. The molecule has 1 aromatic carbocycles. The predicted molar refractivity (Wildman–Crippen MR) is 103 cm³/mol. The summed E-state index contributed by atoms with van der Waals surface area (Å²) in [6.07, 6.45) is 1.41. The lowest BCUT2D eigenvalue weighted by molar-refractivity contribution is 0.0456. The largest absolute Gasteiger partial charge is 0.488 e. The Labute approximate surface area is 168 Å². The number of furan rings is 1. The molecule has 2 heterocycles. The minimum absolute atomic E-state index is 0.0454. The number of thiophene rings is 1. The van der Waals surface area contributed by atoms with Crippen LogP contribution in [0.25, 0.3) is 0 Å². The van der Waals surface area contributed by atoms with Crippen LogP contribution in [-0.2, 0) is 4.74 Å². The molecule has 3 rings (SSSR count). The number of rotatable bonds is 7. The van der Waals surface area contributed by atoms with E-state index in [2.05, 4.69) is 5.32 Å². The van der Waals surface area contributed by atoms with E-state index in [0.29, 0.717) is 25.7 Å². The minimum atomic E-state index is -0.510. The molecule has 1 N–H and O–H groups in total. The molecule has 2 aromatic heterocycles. The molecule has 1 amide bonds. The Kier molecular flexibility index (Phi) is 6.39. The molecule has 0 saturated carbocycles. The molecule has 0 fully saturated rings. The van der Waals surface area contributed by atoms with Gasteiger partial charge in [-0.15, -0.1) is 11.3 Å². The predicted octanol–water partition coefficient (Wildman–Crippen LogP) is 5.14. The highest BCUT2D eigenvalue weighted by molar-refractivity contribution is 7.18. The number of benzene rings is 1. The van der Waals surface area contributed by atoms with E-state index in [1.807, 2.05) is 0 Å². The summed E-state index contributed by atoms with van der Waals surface area (Å²) < 4.78 is 15.6. The van der Waals surface area contributed by atoms with Crippen LogP contribution in [0.3, 0.4) is 0 Å². The molecule has 0 spiro atoms.